The average Bonchev–Trinajstić information content (AvgIpc) is 3.10. The minimum atomic E-state index is -0.499. The molecule has 0 radical (unpaired) electrons. The summed E-state index contributed by atoms with van der Waals surface area (Å²) < 4.78 is 4.97. The van der Waals surface area contributed by atoms with E-state index >= 15 is 0 Å². The van der Waals surface area contributed by atoms with Crippen molar-refractivity contribution < 1.29 is 14.3 Å². The Labute approximate surface area is 122 Å². The molecule has 1 saturated heterocycles. The molecule has 1 N–H and O–H groups in total. The topological polar surface area (TPSA) is 62.4 Å². The van der Waals surface area contributed by atoms with Crippen LogP contribution >= 0.6 is 11.6 Å². The molecule has 20 heavy (non-hydrogen) atoms. The van der Waals surface area contributed by atoms with Crippen LogP contribution in [-0.4, -0.2) is 42.0 Å². The number of H-pyrrole nitrogens is 1. The third-order valence-corrected chi connectivity index (χ3v) is 4.85. The van der Waals surface area contributed by atoms with E-state index in [9.17, 15) is 9.59 Å². The molecule has 108 valence electrons. The first-order valence-corrected chi connectivity index (χ1v) is 7.16. The second kappa shape index (κ2) is 4.81. The fourth-order valence-electron chi connectivity index (χ4n) is 3.64. The SMILES string of the molecule is COC(=O)[C@@]12CCC[C@H]1CN(C(=O)c1cc(Cl)c[nH]1)C2. The van der Waals surface area contributed by atoms with E-state index in [4.69, 9.17) is 16.3 Å². The van der Waals surface area contributed by atoms with Crippen LogP contribution in [-0.2, 0) is 9.53 Å². The van der Waals surface area contributed by atoms with Gasteiger partial charge >= 0.3 is 5.97 Å². The van der Waals surface area contributed by atoms with E-state index in [1.807, 2.05) is 0 Å². The molecule has 2 heterocycles. The van der Waals surface area contributed by atoms with Gasteiger partial charge in [-0.05, 0) is 24.8 Å². The lowest BCUT2D eigenvalue weighted by Crippen LogP contribution is -2.38. The zero-order valence-corrected chi connectivity index (χ0v) is 12.1. The number of rotatable bonds is 2. The molecular formula is C14H17ClN2O3. The molecule has 1 amide bonds. The van der Waals surface area contributed by atoms with Crippen molar-refractivity contribution in [3.63, 3.8) is 0 Å². The number of nitrogens with zero attached hydrogens (tertiary/aromatic N) is 1. The van der Waals surface area contributed by atoms with E-state index in [0.717, 1.165) is 19.3 Å². The van der Waals surface area contributed by atoms with Gasteiger partial charge in [0, 0.05) is 19.3 Å². The Morgan fingerprint density at radius 3 is 3.00 bits per heavy atom. The molecule has 1 aromatic rings. The number of carbonyl (C=O) groups is 2. The standard InChI is InChI=1S/C14H17ClN2O3/c1-20-13(19)14-4-2-3-9(14)7-17(8-14)12(18)11-5-10(15)6-16-11/h5-6,9,16H,2-4,7-8H2,1H3/t9-,14+/m0/s1. The van der Waals surface area contributed by atoms with Gasteiger partial charge in [-0.15, -0.1) is 0 Å². The number of amides is 1. The first-order valence-electron chi connectivity index (χ1n) is 6.78. The van der Waals surface area contributed by atoms with Gasteiger partial charge in [0.15, 0.2) is 0 Å². The predicted molar refractivity (Wildman–Crippen MR) is 73.5 cm³/mol. The summed E-state index contributed by atoms with van der Waals surface area (Å²) in [6, 6.07) is 1.61. The summed E-state index contributed by atoms with van der Waals surface area (Å²) in [4.78, 5) is 29.2. The van der Waals surface area contributed by atoms with Crippen molar-refractivity contribution in [2.75, 3.05) is 20.2 Å². The van der Waals surface area contributed by atoms with E-state index in [2.05, 4.69) is 4.98 Å². The summed E-state index contributed by atoms with van der Waals surface area (Å²) in [5, 5.41) is 0.510. The number of methoxy groups -OCH3 is 1. The van der Waals surface area contributed by atoms with Gasteiger partial charge in [0.25, 0.3) is 5.91 Å². The van der Waals surface area contributed by atoms with Crippen molar-refractivity contribution in [1.29, 1.82) is 0 Å². The Morgan fingerprint density at radius 2 is 2.35 bits per heavy atom. The number of aromatic nitrogens is 1. The molecule has 0 aromatic carbocycles. The van der Waals surface area contributed by atoms with Gasteiger partial charge in [-0.3, -0.25) is 9.59 Å². The quantitative estimate of drug-likeness (QED) is 0.850. The Bertz CT molecular complexity index is 556. The van der Waals surface area contributed by atoms with Gasteiger partial charge < -0.3 is 14.6 Å². The van der Waals surface area contributed by atoms with Gasteiger partial charge in [-0.25, -0.2) is 0 Å². The van der Waals surface area contributed by atoms with Gasteiger partial charge in [0.05, 0.1) is 17.5 Å². The maximum Gasteiger partial charge on any atom is 0.313 e. The summed E-state index contributed by atoms with van der Waals surface area (Å²) >= 11 is 5.83. The maximum atomic E-state index is 12.4. The second-order valence-electron chi connectivity index (χ2n) is 5.65. The number of halogens is 1. The van der Waals surface area contributed by atoms with Crippen molar-refractivity contribution in [2.24, 2.45) is 11.3 Å². The molecule has 1 aromatic heterocycles. The molecule has 3 rings (SSSR count). The number of nitrogens with one attached hydrogen (secondary N) is 1. The highest BCUT2D eigenvalue weighted by Gasteiger charge is 2.56. The molecule has 0 bridgehead atoms. The lowest BCUT2D eigenvalue weighted by molar-refractivity contribution is -0.153. The van der Waals surface area contributed by atoms with Gasteiger partial charge in [-0.2, -0.15) is 0 Å². The predicted octanol–water partition coefficient (Wildman–Crippen LogP) is 2.08. The monoisotopic (exact) mass is 296 g/mol. The molecule has 1 saturated carbocycles. The van der Waals surface area contributed by atoms with Crippen LogP contribution in [0.1, 0.15) is 29.8 Å². The summed E-state index contributed by atoms with van der Waals surface area (Å²) in [5.41, 5.74) is -0.0316. The zero-order chi connectivity index (χ0) is 14.3. The largest absolute Gasteiger partial charge is 0.469 e. The van der Waals surface area contributed by atoms with Crippen LogP contribution in [0, 0.1) is 11.3 Å². The fraction of sp³-hybridized carbons (Fsp3) is 0.571. The normalized spacial score (nSPS) is 28.5. The highest BCUT2D eigenvalue weighted by atomic mass is 35.5. The van der Waals surface area contributed by atoms with Crippen molar-refractivity contribution in [3.05, 3.63) is 23.0 Å². The zero-order valence-electron chi connectivity index (χ0n) is 11.3. The Morgan fingerprint density at radius 1 is 1.55 bits per heavy atom. The lowest BCUT2D eigenvalue weighted by atomic mass is 9.81. The third kappa shape index (κ3) is 1.92. The maximum absolute atomic E-state index is 12.4. The fourth-order valence-corrected chi connectivity index (χ4v) is 3.81. The van der Waals surface area contributed by atoms with E-state index in [0.29, 0.717) is 23.8 Å². The Kier molecular flexibility index (Phi) is 3.24. The van der Waals surface area contributed by atoms with Crippen LogP contribution in [0.25, 0.3) is 0 Å². The number of likely N-dealkylation sites (tertiary alicyclic amines) is 1. The number of hydrogen-bond donors (Lipinski definition) is 1. The van der Waals surface area contributed by atoms with E-state index in [1.165, 1.54) is 7.11 Å². The Balaban J connectivity index is 1.82. The summed E-state index contributed by atoms with van der Waals surface area (Å²) in [6.07, 6.45) is 4.39. The van der Waals surface area contributed by atoms with Crippen LogP contribution in [0.15, 0.2) is 12.3 Å². The average molecular weight is 297 g/mol. The first kappa shape index (κ1) is 13.5. The number of fused-ring (bicyclic) bond motifs is 1. The van der Waals surface area contributed by atoms with Crippen molar-refractivity contribution >= 4 is 23.5 Å². The highest BCUT2D eigenvalue weighted by molar-refractivity contribution is 6.30. The summed E-state index contributed by atoms with van der Waals surface area (Å²) in [6.45, 7) is 1.06. The van der Waals surface area contributed by atoms with E-state index in [-0.39, 0.29) is 17.8 Å². The summed E-state index contributed by atoms with van der Waals surface area (Å²) in [5.74, 6) is -0.0706. The lowest BCUT2D eigenvalue weighted by Gasteiger charge is -2.25. The second-order valence-corrected chi connectivity index (χ2v) is 6.09. The number of carbonyl (C=O) groups excluding carboxylic acids is 2. The molecule has 2 aliphatic rings. The minimum absolute atomic E-state index is 0.102. The number of esters is 1. The van der Waals surface area contributed by atoms with Crippen LogP contribution in [0.5, 0.6) is 0 Å². The van der Waals surface area contributed by atoms with Crippen molar-refractivity contribution in [1.82, 2.24) is 9.88 Å². The molecule has 1 aliphatic carbocycles. The van der Waals surface area contributed by atoms with E-state index in [1.54, 1.807) is 17.2 Å². The molecule has 1 aliphatic heterocycles. The van der Waals surface area contributed by atoms with Crippen LogP contribution < -0.4 is 0 Å². The van der Waals surface area contributed by atoms with Gasteiger partial charge in [0.2, 0.25) is 0 Å². The number of aromatic amines is 1. The van der Waals surface area contributed by atoms with Crippen molar-refractivity contribution in [3.8, 4) is 0 Å². The highest BCUT2D eigenvalue weighted by Crippen LogP contribution is 2.49. The molecule has 0 unspecified atom stereocenters. The van der Waals surface area contributed by atoms with Crippen molar-refractivity contribution in [2.45, 2.75) is 19.3 Å². The molecule has 2 atom stereocenters. The van der Waals surface area contributed by atoms with Crippen LogP contribution in [0.4, 0.5) is 0 Å². The molecule has 6 heteroatoms. The van der Waals surface area contributed by atoms with Crippen LogP contribution in [0.3, 0.4) is 0 Å². The van der Waals surface area contributed by atoms with Gasteiger partial charge in [-0.1, -0.05) is 18.0 Å². The smallest absolute Gasteiger partial charge is 0.313 e. The molecular weight excluding hydrogens is 280 g/mol. The van der Waals surface area contributed by atoms with E-state index < -0.39 is 5.41 Å². The van der Waals surface area contributed by atoms with Gasteiger partial charge in [0.1, 0.15) is 5.69 Å². The number of hydrogen-bond acceptors (Lipinski definition) is 3. The van der Waals surface area contributed by atoms with Crippen LogP contribution in [0.2, 0.25) is 5.02 Å². The first-order chi connectivity index (χ1) is 9.56. The number of ether oxygens (including phenoxy) is 1. The molecule has 5 nitrogen and oxygen atoms in total. The summed E-state index contributed by atoms with van der Waals surface area (Å²) in [7, 11) is 1.42. The molecule has 2 fully saturated rings. The third-order valence-electron chi connectivity index (χ3n) is 4.63. The minimum Gasteiger partial charge on any atom is -0.469 e. The Hall–Kier alpha value is -1.49. The molecule has 0 spiro atoms.